The standard InChI is InChI=1S/C11H24O2/c1-5-7-13-11(4)6-8-12-9-10(2)3/h10-11H,5-9H2,1-4H3. The van der Waals surface area contributed by atoms with Crippen LogP contribution in [0.15, 0.2) is 0 Å². The highest BCUT2D eigenvalue weighted by molar-refractivity contribution is 4.49. The molecular formula is C11H24O2. The van der Waals surface area contributed by atoms with Crippen LogP contribution in [0.2, 0.25) is 0 Å². The second-order valence-electron chi connectivity index (χ2n) is 3.94. The van der Waals surface area contributed by atoms with Crippen LogP contribution < -0.4 is 0 Å². The molecule has 2 heteroatoms. The summed E-state index contributed by atoms with van der Waals surface area (Å²) in [6.45, 7) is 11.1. The third-order valence-electron chi connectivity index (χ3n) is 1.73. The van der Waals surface area contributed by atoms with Gasteiger partial charge in [-0.1, -0.05) is 20.8 Å². The largest absolute Gasteiger partial charge is 0.381 e. The van der Waals surface area contributed by atoms with Gasteiger partial charge < -0.3 is 9.47 Å². The Morgan fingerprint density at radius 2 is 1.77 bits per heavy atom. The molecular weight excluding hydrogens is 164 g/mol. The predicted octanol–water partition coefficient (Wildman–Crippen LogP) is 2.86. The molecule has 0 amide bonds. The molecule has 0 aliphatic rings. The molecule has 0 aromatic carbocycles. The molecule has 0 radical (unpaired) electrons. The first-order chi connectivity index (χ1) is 6.16. The van der Waals surface area contributed by atoms with Gasteiger partial charge in [0.15, 0.2) is 0 Å². The highest BCUT2D eigenvalue weighted by atomic mass is 16.5. The van der Waals surface area contributed by atoms with Crippen LogP contribution in [0.4, 0.5) is 0 Å². The van der Waals surface area contributed by atoms with Crippen molar-refractivity contribution in [3.05, 3.63) is 0 Å². The molecule has 13 heavy (non-hydrogen) atoms. The van der Waals surface area contributed by atoms with Gasteiger partial charge in [-0.15, -0.1) is 0 Å². The van der Waals surface area contributed by atoms with Crippen LogP contribution in [0.3, 0.4) is 0 Å². The maximum absolute atomic E-state index is 5.52. The molecule has 0 saturated heterocycles. The fourth-order valence-electron chi connectivity index (χ4n) is 0.971. The molecule has 0 fully saturated rings. The fourth-order valence-corrected chi connectivity index (χ4v) is 0.971. The normalized spacial score (nSPS) is 13.6. The Bertz CT molecular complexity index is 102. The van der Waals surface area contributed by atoms with Gasteiger partial charge >= 0.3 is 0 Å². The van der Waals surface area contributed by atoms with E-state index < -0.39 is 0 Å². The van der Waals surface area contributed by atoms with Crippen LogP contribution in [0.5, 0.6) is 0 Å². The quantitative estimate of drug-likeness (QED) is 0.545. The van der Waals surface area contributed by atoms with E-state index in [-0.39, 0.29) is 0 Å². The third kappa shape index (κ3) is 9.84. The molecule has 0 N–H and O–H groups in total. The fraction of sp³-hybridized carbons (Fsp3) is 1.00. The topological polar surface area (TPSA) is 18.5 Å². The smallest absolute Gasteiger partial charge is 0.0568 e. The van der Waals surface area contributed by atoms with Gasteiger partial charge in [-0.25, -0.2) is 0 Å². The maximum atomic E-state index is 5.52. The van der Waals surface area contributed by atoms with E-state index in [1.807, 2.05) is 0 Å². The number of rotatable bonds is 8. The van der Waals surface area contributed by atoms with Gasteiger partial charge in [-0.2, -0.15) is 0 Å². The highest BCUT2D eigenvalue weighted by Gasteiger charge is 2.01. The Labute approximate surface area is 82.6 Å². The molecule has 0 aliphatic carbocycles. The van der Waals surface area contributed by atoms with E-state index >= 15 is 0 Å². The summed E-state index contributed by atoms with van der Waals surface area (Å²) in [6, 6.07) is 0. The molecule has 2 nitrogen and oxygen atoms in total. The summed E-state index contributed by atoms with van der Waals surface area (Å²) in [5, 5.41) is 0. The van der Waals surface area contributed by atoms with E-state index in [4.69, 9.17) is 9.47 Å². The summed E-state index contributed by atoms with van der Waals surface area (Å²) < 4.78 is 11.0. The molecule has 0 rings (SSSR count). The van der Waals surface area contributed by atoms with Gasteiger partial charge in [-0.3, -0.25) is 0 Å². The lowest BCUT2D eigenvalue weighted by Crippen LogP contribution is -2.13. The molecule has 0 aromatic rings. The Balaban J connectivity index is 3.12. The van der Waals surface area contributed by atoms with Crippen molar-refractivity contribution >= 4 is 0 Å². The van der Waals surface area contributed by atoms with Crippen molar-refractivity contribution in [2.24, 2.45) is 5.92 Å². The number of hydrogen-bond donors (Lipinski definition) is 0. The zero-order chi connectivity index (χ0) is 10.1. The van der Waals surface area contributed by atoms with E-state index in [9.17, 15) is 0 Å². The molecule has 0 aromatic heterocycles. The lowest BCUT2D eigenvalue weighted by Gasteiger charge is -2.13. The average molecular weight is 188 g/mol. The number of hydrogen-bond acceptors (Lipinski definition) is 2. The zero-order valence-electron chi connectivity index (χ0n) is 9.51. The van der Waals surface area contributed by atoms with Crippen LogP contribution >= 0.6 is 0 Å². The highest BCUT2D eigenvalue weighted by Crippen LogP contribution is 2.00. The van der Waals surface area contributed by atoms with E-state index in [1.165, 1.54) is 0 Å². The first kappa shape index (κ1) is 12.9. The molecule has 0 heterocycles. The molecule has 0 saturated carbocycles. The Kier molecular flexibility index (Phi) is 8.46. The van der Waals surface area contributed by atoms with Crippen molar-refractivity contribution in [3.8, 4) is 0 Å². The average Bonchev–Trinajstić information content (AvgIpc) is 2.08. The monoisotopic (exact) mass is 188 g/mol. The Morgan fingerprint density at radius 3 is 2.31 bits per heavy atom. The molecule has 0 spiro atoms. The van der Waals surface area contributed by atoms with Crippen molar-refractivity contribution in [2.75, 3.05) is 19.8 Å². The van der Waals surface area contributed by atoms with Crippen LogP contribution in [-0.4, -0.2) is 25.9 Å². The first-order valence-electron chi connectivity index (χ1n) is 5.36. The van der Waals surface area contributed by atoms with Crippen molar-refractivity contribution in [3.63, 3.8) is 0 Å². The summed E-state index contributed by atoms with van der Waals surface area (Å²) in [5.41, 5.74) is 0. The lowest BCUT2D eigenvalue weighted by atomic mass is 10.2. The predicted molar refractivity (Wildman–Crippen MR) is 56.0 cm³/mol. The minimum absolute atomic E-state index is 0.340. The second-order valence-corrected chi connectivity index (χ2v) is 3.94. The van der Waals surface area contributed by atoms with Crippen molar-refractivity contribution < 1.29 is 9.47 Å². The van der Waals surface area contributed by atoms with Gasteiger partial charge in [0.1, 0.15) is 0 Å². The summed E-state index contributed by atoms with van der Waals surface area (Å²) >= 11 is 0. The number of ether oxygens (including phenoxy) is 2. The van der Waals surface area contributed by atoms with Gasteiger partial charge in [0.25, 0.3) is 0 Å². The van der Waals surface area contributed by atoms with Crippen LogP contribution in [-0.2, 0) is 9.47 Å². The molecule has 1 atom stereocenters. The van der Waals surface area contributed by atoms with Gasteiger partial charge in [0.2, 0.25) is 0 Å². The van der Waals surface area contributed by atoms with Gasteiger partial charge in [-0.05, 0) is 25.7 Å². The van der Waals surface area contributed by atoms with Crippen LogP contribution in [0.25, 0.3) is 0 Å². The minimum atomic E-state index is 0.340. The molecule has 1 unspecified atom stereocenters. The van der Waals surface area contributed by atoms with Crippen molar-refractivity contribution in [2.45, 2.75) is 46.6 Å². The summed E-state index contributed by atoms with van der Waals surface area (Å²) in [7, 11) is 0. The molecule has 0 bridgehead atoms. The van der Waals surface area contributed by atoms with E-state index in [0.29, 0.717) is 12.0 Å². The third-order valence-corrected chi connectivity index (χ3v) is 1.73. The van der Waals surface area contributed by atoms with Gasteiger partial charge in [0.05, 0.1) is 6.10 Å². The van der Waals surface area contributed by atoms with Crippen molar-refractivity contribution in [1.29, 1.82) is 0 Å². The van der Waals surface area contributed by atoms with E-state index in [1.54, 1.807) is 0 Å². The lowest BCUT2D eigenvalue weighted by molar-refractivity contribution is 0.0269. The SMILES string of the molecule is CCCOC(C)CCOCC(C)C. The van der Waals surface area contributed by atoms with Gasteiger partial charge in [0, 0.05) is 19.8 Å². The molecule has 80 valence electrons. The van der Waals surface area contributed by atoms with Crippen molar-refractivity contribution in [1.82, 2.24) is 0 Å². The zero-order valence-corrected chi connectivity index (χ0v) is 9.51. The Morgan fingerprint density at radius 1 is 1.08 bits per heavy atom. The minimum Gasteiger partial charge on any atom is -0.381 e. The molecule has 0 aliphatic heterocycles. The summed E-state index contributed by atoms with van der Waals surface area (Å²) in [4.78, 5) is 0. The second kappa shape index (κ2) is 8.52. The Hall–Kier alpha value is -0.0800. The van der Waals surface area contributed by atoms with E-state index in [0.717, 1.165) is 32.7 Å². The van der Waals surface area contributed by atoms with E-state index in [2.05, 4.69) is 27.7 Å². The maximum Gasteiger partial charge on any atom is 0.0568 e. The summed E-state index contributed by atoms with van der Waals surface area (Å²) in [6.07, 6.45) is 2.44. The first-order valence-corrected chi connectivity index (χ1v) is 5.36. The van der Waals surface area contributed by atoms with Crippen LogP contribution in [0, 0.1) is 5.92 Å². The summed E-state index contributed by atoms with van der Waals surface area (Å²) in [5.74, 6) is 0.631. The van der Waals surface area contributed by atoms with Crippen LogP contribution in [0.1, 0.15) is 40.5 Å².